The fourth-order valence-electron chi connectivity index (χ4n) is 2.13. The summed E-state index contributed by atoms with van der Waals surface area (Å²) in [6, 6.07) is 9.58. The molecule has 0 fully saturated rings. The van der Waals surface area contributed by atoms with Gasteiger partial charge in [-0.1, -0.05) is 6.07 Å². The number of benzene rings is 1. The van der Waals surface area contributed by atoms with Crippen LogP contribution in [-0.4, -0.2) is 43.0 Å². The van der Waals surface area contributed by atoms with Crippen LogP contribution in [0.15, 0.2) is 41.5 Å². The summed E-state index contributed by atoms with van der Waals surface area (Å²) in [6.07, 6.45) is 2.65. The average molecular weight is 459 g/mol. The Hall–Kier alpha value is -1.97. The van der Waals surface area contributed by atoms with Gasteiger partial charge in [0.25, 0.3) is 0 Å². The monoisotopic (exact) mass is 459 g/mol. The zero-order valence-electron chi connectivity index (χ0n) is 14.9. The van der Waals surface area contributed by atoms with Crippen LogP contribution in [0.1, 0.15) is 12.1 Å². The van der Waals surface area contributed by atoms with Crippen LogP contribution in [0.5, 0.6) is 11.5 Å². The van der Waals surface area contributed by atoms with Gasteiger partial charge in [0, 0.05) is 32.9 Å². The van der Waals surface area contributed by atoms with Crippen molar-refractivity contribution < 1.29 is 9.47 Å². The topological polar surface area (TPSA) is 72.7 Å². The largest absolute Gasteiger partial charge is 0.497 e. The molecule has 0 spiro atoms. The predicted octanol–water partition coefficient (Wildman–Crippen LogP) is 2.18. The van der Waals surface area contributed by atoms with Gasteiger partial charge in [-0.2, -0.15) is 5.10 Å². The summed E-state index contributed by atoms with van der Waals surface area (Å²) in [5, 5.41) is 10.7. The molecule has 138 valence electrons. The summed E-state index contributed by atoms with van der Waals surface area (Å²) in [5.74, 6) is 2.37. The highest BCUT2D eigenvalue weighted by atomic mass is 127. The van der Waals surface area contributed by atoms with E-state index in [0.717, 1.165) is 36.1 Å². The van der Waals surface area contributed by atoms with Gasteiger partial charge in [0.15, 0.2) is 5.96 Å². The van der Waals surface area contributed by atoms with Crippen LogP contribution in [-0.2, 0) is 13.6 Å². The minimum atomic E-state index is 0. The molecular formula is C17H26IN5O2. The van der Waals surface area contributed by atoms with E-state index in [1.54, 1.807) is 20.4 Å². The maximum absolute atomic E-state index is 5.71. The second kappa shape index (κ2) is 11.6. The van der Waals surface area contributed by atoms with Crippen molar-refractivity contribution in [1.82, 2.24) is 20.4 Å². The Morgan fingerprint density at radius 1 is 1.24 bits per heavy atom. The van der Waals surface area contributed by atoms with Gasteiger partial charge in [-0.05, 0) is 24.6 Å². The summed E-state index contributed by atoms with van der Waals surface area (Å²) >= 11 is 0. The molecule has 2 rings (SSSR count). The zero-order valence-corrected chi connectivity index (χ0v) is 17.2. The van der Waals surface area contributed by atoms with Gasteiger partial charge in [-0.15, -0.1) is 24.0 Å². The SMILES string of the molecule is CN=C(NCCCOc1cccc(OC)c1)NCc1ccnn1C.I. The molecule has 0 atom stereocenters. The fraction of sp³-hybridized carbons (Fsp3) is 0.412. The molecule has 1 aromatic heterocycles. The summed E-state index contributed by atoms with van der Waals surface area (Å²) in [4.78, 5) is 4.20. The number of guanidine groups is 1. The molecule has 0 aliphatic carbocycles. The molecule has 0 saturated carbocycles. The van der Waals surface area contributed by atoms with Gasteiger partial charge in [0.1, 0.15) is 11.5 Å². The molecule has 0 unspecified atom stereocenters. The lowest BCUT2D eigenvalue weighted by molar-refractivity contribution is 0.308. The molecule has 8 heteroatoms. The van der Waals surface area contributed by atoms with Gasteiger partial charge >= 0.3 is 0 Å². The quantitative estimate of drug-likeness (QED) is 0.274. The zero-order chi connectivity index (χ0) is 17.2. The van der Waals surface area contributed by atoms with Gasteiger partial charge in [-0.25, -0.2) is 0 Å². The summed E-state index contributed by atoms with van der Waals surface area (Å²) in [7, 11) is 5.32. The smallest absolute Gasteiger partial charge is 0.191 e. The van der Waals surface area contributed by atoms with E-state index in [9.17, 15) is 0 Å². The van der Waals surface area contributed by atoms with E-state index in [-0.39, 0.29) is 24.0 Å². The highest BCUT2D eigenvalue weighted by molar-refractivity contribution is 14.0. The molecule has 0 bridgehead atoms. The highest BCUT2D eigenvalue weighted by Crippen LogP contribution is 2.18. The van der Waals surface area contributed by atoms with Crippen molar-refractivity contribution >= 4 is 29.9 Å². The number of rotatable bonds is 8. The first-order valence-corrected chi connectivity index (χ1v) is 7.91. The minimum Gasteiger partial charge on any atom is -0.497 e. The van der Waals surface area contributed by atoms with Crippen molar-refractivity contribution in [1.29, 1.82) is 0 Å². The second-order valence-corrected chi connectivity index (χ2v) is 5.18. The van der Waals surface area contributed by atoms with E-state index in [1.165, 1.54) is 0 Å². The predicted molar refractivity (Wildman–Crippen MR) is 110 cm³/mol. The lowest BCUT2D eigenvalue weighted by atomic mass is 10.3. The molecule has 0 radical (unpaired) electrons. The van der Waals surface area contributed by atoms with Crippen molar-refractivity contribution in [2.75, 3.05) is 27.3 Å². The maximum atomic E-state index is 5.71. The normalized spacial score (nSPS) is 10.8. The minimum absolute atomic E-state index is 0. The van der Waals surface area contributed by atoms with E-state index in [1.807, 2.05) is 42.1 Å². The first kappa shape index (κ1) is 21.1. The maximum Gasteiger partial charge on any atom is 0.191 e. The third-order valence-corrected chi connectivity index (χ3v) is 3.51. The number of hydrogen-bond acceptors (Lipinski definition) is 4. The van der Waals surface area contributed by atoms with Crippen molar-refractivity contribution in [3.8, 4) is 11.5 Å². The first-order chi connectivity index (χ1) is 11.7. The van der Waals surface area contributed by atoms with E-state index >= 15 is 0 Å². The van der Waals surface area contributed by atoms with E-state index in [4.69, 9.17) is 9.47 Å². The van der Waals surface area contributed by atoms with Crippen LogP contribution >= 0.6 is 24.0 Å². The molecule has 25 heavy (non-hydrogen) atoms. The number of methoxy groups -OCH3 is 1. The Morgan fingerprint density at radius 3 is 2.72 bits per heavy atom. The van der Waals surface area contributed by atoms with Crippen LogP contribution in [0.4, 0.5) is 0 Å². The summed E-state index contributed by atoms with van der Waals surface area (Å²) in [5.41, 5.74) is 1.10. The Labute approximate surface area is 165 Å². The third-order valence-electron chi connectivity index (χ3n) is 3.51. The van der Waals surface area contributed by atoms with E-state index in [2.05, 4.69) is 20.7 Å². The molecule has 1 heterocycles. The van der Waals surface area contributed by atoms with Gasteiger partial charge in [0.05, 0.1) is 26.0 Å². The molecule has 2 aromatic rings. The number of ether oxygens (including phenoxy) is 2. The lowest BCUT2D eigenvalue weighted by Gasteiger charge is -2.12. The number of nitrogens with one attached hydrogen (secondary N) is 2. The summed E-state index contributed by atoms with van der Waals surface area (Å²) < 4.78 is 12.7. The molecule has 7 nitrogen and oxygen atoms in total. The van der Waals surface area contributed by atoms with E-state index < -0.39 is 0 Å². The second-order valence-electron chi connectivity index (χ2n) is 5.18. The number of aliphatic imine (C=N–C) groups is 1. The highest BCUT2D eigenvalue weighted by Gasteiger charge is 2.01. The Balaban J connectivity index is 0.00000312. The van der Waals surface area contributed by atoms with Crippen LogP contribution in [0.25, 0.3) is 0 Å². The molecule has 0 saturated heterocycles. The van der Waals surface area contributed by atoms with Crippen molar-refractivity contribution in [3.05, 3.63) is 42.2 Å². The van der Waals surface area contributed by atoms with Gasteiger partial charge < -0.3 is 20.1 Å². The molecule has 0 aliphatic heterocycles. The number of aromatic nitrogens is 2. The van der Waals surface area contributed by atoms with Crippen molar-refractivity contribution in [3.63, 3.8) is 0 Å². The molecule has 2 N–H and O–H groups in total. The van der Waals surface area contributed by atoms with Crippen LogP contribution in [0.3, 0.4) is 0 Å². The summed E-state index contributed by atoms with van der Waals surface area (Å²) in [6.45, 7) is 2.07. The van der Waals surface area contributed by atoms with Crippen molar-refractivity contribution in [2.24, 2.45) is 12.0 Å². The van der Waals surface area contributed by atoms with Crippen molar-refractivity contribution in [2.45, 2.75) is 13.0 Å². The van der Waals surface area contributed by atoms with Gasteiger partial charge in [-0.3, -0.25) is 9.67 Å². The van der Waals surface area contributed by atoms with Crippen LogP contribution in [0, 0.1) is 0 Å². The Morgan fingerprint density at radius 2 is 2.04 bits per heavy atom. The molecule has 0 amide bonds. The average Bonchev–Trinajstić information content (AvgIpc) is 3.02. The number of nitrogens with zero attached hydrogens (tertiary/aromatic N) is 3. The Bertz CT molecular complexity index is 660. The third kappa shape index (κ3) is 7.20. The lowest BCUT2D eigenvalue weighted by Crippen LogP contribution is -2.38. The fourth-order valence-corrected chi connectivity index (χ4v) is 2.13. The standard InChI is InChI=1S/C17H25N5O2.HI/c1-18-17(20-13-14-8-10-21-22(14)2)19-9-5-11-24-16-7-4-6-15(12-16)23-3;/h4,6-8,10,12H,5,9,11,13H2,1-3H3,(H2,18,19,20);1H. The number of halogens is 1. The number of aryl methyl sites for hydroxylation is 1. The van der Waals surface area contributed by atoms with Crippen LogP contribution in [0.2, 0.25) is 0 Å². The molecular weight excluding hydrogens is 433 g/mol. The van der Waals surface area contributed by atoms with Gasteiger partial charge in [0.2, 0.25) is 0 Å². The van der Waals surface area contributed by atoms with E-state index in [0.29, 0.717) is 13.2 Å². The Kier molecular flexibility index (Phi) is 9.75. The first-order valence-electron chi connectivity index (χ1n) is 7.91. The molecule has 1 aromatic carbocycles. The van der Waals surface area contributed by atoms with Crippen LogP contribution < -0.4 is 20.1 Å². The number of hydrogen-bond donors (Lipinski definition) is 2. The molecule has 0 aliphatic rings.